The lowest BCUT2D eigenvalue weighted by Crippen LogP contribution is -2.05. The second-order valence-electron chi connectivity index (χ2n) is 4.16. The van der Waals surface area contributed by atoms with Crippen LogP contribution in [0.1, 0.15) is 37.7 Å². The lowest BCUT2D eigenvalue weighted by molar-refractivity contribution is -0.143. The van der Waals surface area contributed by atoms with Gasteiger partial charge in [0.25, 0.3) is 0 Å². The number of rotatable bonds is 7. The van der Waals surface area contributed by atoms with Gasteiger partial charge in [0.15, 0.2) is 0 Å². The molecule has 1 aromatic carbocycles. The summed E-state index contributed by atoms with van der Waals surface area (Å²) in [6.07, 6.45) is 1.65. The number of esters is 1. The molecule has 0 aliphatic heterocycles. The van der Waals surface area contributed by atoms with Crippen LogP contribution in [0.5, 0.6) is 5.75 Å². The van der Waals surface area contributed by atoms with E-state index < -0.39 is 0 Å². The Morgan fingerprint density at radius 3 is 2.89 bits per heavy atom. The summed E-state index contributed by atoms with van der Waals surface area (Å²) < 4.78 is 10.00. The second kappa shape index (κ2) is 8.15. The monoisotopic (exact) mass is 261 g/mol. The Hall–Kier alpha value is -2.02. The Kier molecular flexibility index (Phi) is 6.45. The van der Waals surface area contributed by atoms with Crippen molar-refractivity contribution in [3.05, 3.63) is 29.8 Å². The lowest BCUT2D eigenvalue weighted by atomic mass is 9.95. The number of nitriles is 1. The molecule has 0 saturated carbocycles. The smallest absolute Gasteiger partial charge is 0.305 e. The van der Waals surface area contributed by atoms with Crippen LogP contribution in [0.4, 0.5) is 0 Å². The van der Waals surface area contributed by atoms with E-state index in [1.807, 2.05) is 24.3 Å². The highest BCUT2D eigenvalue weighted by atomic mass is 16.5. The molecule has 4 nitrogen and oxygen atoms in total. The summed E-state index contributed by atoms with van der Waals surface area (Å²) in [5.74, 6) is 0.317. The first-order valence-corrected chi connectivity index (χ1v) is 6.40. The van der Waals surface area contributed by atoms with Crippen molar-refractivity contribution >= 4 is 5.97 Å². The highest BCUT2D eigenvalue weighted by molar-refractivity contribution is 5.69. The van der Waals surface area contributed by atoms with E-state index in [4.69, 9.17) is 9.47 Å². The van der Waals surface area contributed by atoms with Gasteiger partial charge in [-0.1, -0.05) is 12.1 Å². The van der Waals surface area contributed by atoms with Crippen LogP contribution >= 0.6 is 0 Å². The van der Waals surface area contributed by atoms with E-state index in [0.717, 1.165) is 11.3 Å². The van der Waals surface area contributed by atoms with Crippen molar-refractivity contribution < 1.29 is 14.3 Å². The van der Waals surface area contributed by atoms with Crippen molar-refractivity contribution in [2.24, 2.45) is 0 Å². The maximum Gasteiger partial charge on any atom is 0.305 e. The Bertz CT molecular complexity index is 451. The van der Waals surface area contributed by atoms with E-state index in [1.54, 1.807) is 14.0 Å². The Balaban J connectivity index is 2.54. The minimum atomic E-state index is -0.218. The molecule has 1 aromatic rings. The molecule has 0 bridgehead atoms. The SMILES string of the molecule is CCOC(=O)CCCC(C#N)c1cccc(OC)c1. The Morgan fingerprint density at radius 2 is 2.26 bits per heavy atom. The Labute approximate surface area is 113 Å². The molecule has 1 atom stereocenters. The number of carbonyl (C=O) groups is 1. The molecule has 19 heavy (non-hydrogen) atoms. The van der Waals surface area contributed by atoms with Crippen LogP contribution in [0.2, 0.25) is 0 Å². The van der Waals surface area contributed by atoms with E-state index in [9.17, 15) is 10.1 Å². The minimum Gasteiger partial charge on any atom is -0.497 e. The number of benzene rings is 1. The molecular formula is C15H19NO3. The molecule has 0 spiro atoms. The molecule has 0 heterocycles. The third-order valence-corrected chi connectivity index (χ3v) is 2.83. The average Bonchev–Trinajstić information content (AvgIpc) is 2.44. The van der Waals surface area contributed by atoms with Crippen molar-refractivity contribution in [2.75, 3.05) is 13.7 Å². The number of hydrogen-bond donors (Lipinski definition) is 0. The lowest BCUT2D eigenvalue weighted by Gasteiger charge is -2.10. The summed E-state index contributed by atoms with van der Waals surface area (Å²) in [6.45, 7) is 2.18. The quantitative estimate of drug-likeness (QED) is 0.708. The zero-order valence-electron chi connectivity index (χ0n) is 11.4. The minimum absolute atomic E-state index is 0.204. The summed E-state index contributed by atoms with van der Waals surface area (Å²) in [5, 5.41) is 9.20. The molecular weight excluding hydrogens is 242 g/mol. The van der Waals surface area contributed by atoms with Gasteiger partial charge in [-0.3, -0.25) is 4.79 Å². The van der Waals surface area contributed by atoms with Crippen molar-refractivity contribution in [1.29, 1.82) is 5.26 Å². The molecule has 0 radical (unpaired) electrons. The fourth-order valence-electron chi connectivity index (χ4n) is 1.85. The van der Waals surface area contributed by atoms with Gasteiger partial charge in [-0.15, -0.1) is 0 Å². The molecule has 0 aliphatic carbocycles. The van der Waals surface area contributed by atoms with E-state index in [0.29, 0.717) is 25.9 Å². The van der Waals surface area contributed by atoms with Crippen LogP contribution in [-0.4, -0.2) is 19.7 Å². The topological polar surface area (TPSA) is 59.3 Å². The van der Waals surface area contributed by atoms with Gasteiger partial charge in [0.2, 0.25) is 0 Å². The molecule has 0 saturated heterocycles. The van der Waals surface area contributed by atoms with Crippen LogP contribution < -0.4 is 4.74 Å². The third kappa shape index (κ3) is 5.01. The molecule has 0 aromatic heterocycles. The van der Waals surface area contributed by atoms with Crippen molar-refractivity contribution in [3.63, 3.8) is 0 Å². The van der Waals surface area contributed by atoms with E-state index in [-0.39, 0.29) is 11.9 Å². The van der Waals surface area contributed by atoms with Gasteiger partial charge < -0.3 is 9.47 Å². The summed E-state index contributed by atoms with van der Waals surface area (Å²) in [7, 11) is 1.60. The van der Waals surface area contributed by atoms with E-state index in [1.165, 1.54) is 0 Å². The second-order valence-corrected chi connectivity index (χ2v) is 4.16. The zero-order valence-corrected chi connectivity index (χ0v) is 11.4. The molecule has 0 aliphatic rings. The predicted octanol–water partition coefficient (Wildman–Crippen LogP) is 3.04. The fourth-order valence-corrected chi connectivity index (χ4v) is 1.85. The summed E-state index contributed by atoms with van der Waals surface area (Å²) in [6, 6.07) is 9.74. The highest BCUT2D eigenvalue weighted by Crippen LogP contribution is 2.24. The van der Waals surface area contributed by atoms with Gasteiger partial charge in [-0.25, -0.2) is 0 Å². The molecule has 0 N–H and O–H groups in total. The first-order chi connectivity index (χ1) is 9.21. The van der Waals surface area contributed by atoms with Gasteiger partial charge in [0.05, 0.1) is 25.7 Å². The van der Waals surface area contributed by atoms with Crippen LogP contribution in [0.25, 0.3) is 0 Å². The van der Waals surface area contributed by atoms with E-state index >= 15 is 0 Å². The van der Waals surface area contributed by atoms with Gasteiger partial charge in [-0.2, -0.15) is 5.26 Å². The molecule has 4 heteroatoms. The van der Waals surface area contributed by atoms with Gasteiger partial charge in [-0.05, 0) is 37.5 Å². The zero-order chi connectivity index (χ0) is 14.1. The maximum atomic E-state index is 11.2. The number of hydrogen-bond acceptors (Lipinski definition) is 4. The summed E-state index contributed by atoms with van der Waals surface area (Å²) in [5.41, 5.74) is 0.922. The van der Waals surface area contributed by atoms with Crippen molar-refractivity contribution in [2.45, 2.75) is 32.1 Å². The first kappa shape index (κ1) is 15.0. The van der Waals surface area contributed by atoms with Crippen LogP contribution in [0.3, 0.4) is 0 Å². The highest BCUT2D eigenvalue weighted by Gasteiger charge is 2.12. The van der Waals surface area contributed by atoms with Crippen LogP contribution in [0.15, 0.2) is 24.3 Å². The average molecular weight is 261 g/mol. The standard InChI is InChI=1S/C15H19NO3/c1-3-19-15(17)9-5-7-13(11-16)12-6-4-8-14(10-12)18-2/h4,6,8,10,13H,3,5,7,9H2,1-2H3. The van der Waals surface area contributed by atoms with Crippen molar-refractivity contribution in [1.82, 2.24) is 0 Å². The number of methoxy groups -OCH3 is 1. The van der Waals surface area contributed by atoms with Crippen molar-refractivity contribution in [3.8, 4) is 11.8 Å². The molecule has 0 fully saturated rings. The fraction of sp³-hybridized carbons (Fsp3) is 0.467. The number of ether oxygens (including phenoxy) is 2. The van der Waals surface area contributed by atoms with Gasteiger partial charge in [0.1, 0.15) is 5.75 Å². The maximum absolute atomic E-state index is 11.2. The van der Waals surface area contributed by atoms with Crippen LogP contribution in [-0.2, 0) is 9.53 Å². The molecule has 102 valence electrons. The molecule has 1 rings (SSSR count). The first-order valence-electron chi connectivity index (χ1n) is 6.40. The predicted molar refractivity (Wildman–Crippen MR) is 71.8 cm³/mol. The number of nitrogens with zero attached hydrogens (tertiary/aromatic N) is 1. The third-order valence-electron chi connectivity index (χ3n) is 2.83. The Morgan fingerprint density at radius 1 is 1.47 bits per heavy atom. The van der Waals surface area contributed by atoms with Crippen LogP contribution in [0, 0.1) is 11.3 Å². The summed E-state index contributed by atoms with van der Waals surface area (Å²) >= 11 is 0. The van der Waals surface area contributed by atoms with Gasteiger partial charge in [0, 0.05) is 6.42 Å². The van der Waals surface area contributed by atoms with Gasteiger partial charge >= 0.3 is 5.97 Å². The molecule has 0 amide bonds. The summed E-state index contributed by atoms with van der Waals surface area (Å²) in [4.78, 5) is 11.2. The molecule has 1 unspecified atom stereocenters. The van der Waals surface area contributed by atoms with E-state index in [2.05, 4.69) is 6.07 Å². The normalized spacial score (nSPS) is 11.4. The largest absolute Gasteiger partial charge is 0.497 e. The number of carbonyl (C=O) groups excluding carboxylic acids is 1.